The molecule has 0 radical (unpaired) electrons. The van der Waals surface area contributed by atoms with Crippen molar-refractivity contribution in [3.05, 3.63) is 64.9 Å². The maximum Gasteiger partial charge on any atom is 0.227 e. The largest absolute Gasteiger partial charge is 0.495 e. The van der Waals surface area contributed by atoms with Crippen molar-refractivity contribution in [3.63, 3.8) is 0 Å². The van der Waals surface area contributed by atoms with Gasteiger partial charge in [0.2, 0.25) is 5.95 Å². The Morgan fingerprint density at radius 1 is 1.19 bits per heavy atom. The summed E-state index contributed by atoms with van der Waals surface area (Å²) < 4.78 is 7.87. The highest BCUT2D eigenvalue weighted by molar-refractivity contribution is 6.33. The number of halogens is 1. The van der Waals surface area contributed by atoms with Crippen LogP contribution in [0.1, 0.15) is 18.1 Å². The molecule has 0 amide bonds. The molecule has 0 bridgehead atoms. The first kappa shape index (κ1) is 20.8. The monoisotopic (exact) mass is 447 g/mol. The van der Waals surface area contributed by atoms with Gasteiger partial charge in [-0.3, -0.25) is 0 Å². The number of likely N-dealkylation sites (N-methyl/N-ethyl adjacent to an activating group) is 1. The Labute approximate surface area is 192 Å². The molecule has 5 rings (SSSR count). The minimum atomic E-state index is 0.486. The zero-order chi connectivity index (χ0) is 22.2. The van der Waals surface area contributed by atoms with Crippen molar-refractivity contribution in [3.8, 4) is 17.0 Å². The van der Waals surface area contributed by atoms with Crippen LogP contribution in [0, 0.1) is 0 Å². The van der Waals surface area contributed by atoms with E-state index in [1.165, 1.54) is 11.1 Å². The number of rotatable bonds is 5. The Hall–Kier alpha value is -3.09. The van der Waals surface area contributed by atoms with Crippen LogP contribution in [0.3, 0.4) is 0 Å². The second-order valence-corrected chi connectivity index (χ2v) is 8.58. The van der Waals surface area contributed by atoms with Gasteiger partial charge in [0.1, 0.15) is 5.75 Å². The fraction of sp³-hybridized carbons (Fsp3) is 0.280. The van der Waals surface area contributed by atoms with Gasteiger partial charge in [-0.1, -0.05) is 29.8 Å². The lowest BCUT2D eigenvalue weighted by molar-refractivity contribution is 0.312. The Morgan fingerprint density at radius 3 is 2.84 bits per heavy atom. The van der Waals surface area contributed by atoms with E-state index in [0.29, 0.717) is 16.7 Å². The van der Waals surface area contributed by atoms with Crippen LogP contribution in [0.4, 0.5) is 11.6 Å². The maximum atomic E-state index is 6.56. The molecule has 0 aliphatic carbocycles. The second-order valence-electron chi connectivity index (χ2n) is 8.17. The quantitative estimate of drug-likeness (QED) is 0.437. The van der Waals surface area contributed by atoms with Crippen LogP contribution < -0.4 is 10.1 Å². The summed E-state index contributed by atoms with van der Waals surface area (Å²) in [7, 11) is 3.83. The molecule has 7 heteroatoms. The first-order valence-corrected chi connectivity index (χ1v) is 11.2. The van der Waals surface area contributed by atoms with Crippen molar-refractivity contribution in [1.29, 1.82) is 0 Å². The number of nitrogens with one attached hydrogen (secondary N) is 1. The lowest BCUT2D eigenvalue weighted by atomic mass is 9.99. The van der Waals surface area contributed by atoms with Crippen LogP contribution in [0.15, 0.2) is 48.8 Å². The Morgan fingerprint density at radius 2 is 2.03 bits per heavy atom. The number of anilines is 2. The van der Waals surface area contributed by atoms with Gasteiger partial charge in [-0.25, -0.2) is 9.97 Å². The van der Waals surface area contributed by atoms with Crippen molar-refractivity contribution in [2.75, 3.05) is 26.0 Å². The SMILES string of the molecule is CCn1cc(-c2nc(Nc3cc4c(cc3OC)CCN(C)C4)ncc2Cl)c2ccccc21. The van der Waals surface area contributed by atoms with Gasteiger partial charge >= 0.3 is 0 Å². The molecule has 0 spiro atoms. The number of para-hydroxylation sites is 1. The lowest BCUT2D eigenvalue weighted by Crippen LogP contribution is -2.26. The summed E-state index contributed by atoms with van der Waals surface area (Å²) in [6.45, 7) is 4.97. The van der Waals surface area contributed by atoms with Crippen LogP contribution in [-0.2, 0) is 19.5 Å². The van der Waals surface area contributed by atoms with Crippen molar-refractivity contribution in [2.24, 2.45) is 0 Å². The predicted molar refractivity (Wildman–Crippen MR) is 130 cm³/mol. The van der Waals surface area contributed by atoms with Gasteiger partial charge in [-0.15, -0.1) is 0 Å². The maximum absolute atomic E-state index is 6.56. The first-order chi connectivity index (χ1) is 15.6. The highest BCUT2D eigenvalue weighted by Crippen LogP contribution is 2.36. The minimum absolute atomic E-state index is 0.486. The van der Waals surface area contributed by atoms with Gasteiger partial charge in [0, 0.05) is 42.3 Å². The third kappa shape index (κ3) is 3.70. The number of aromatic nitrogens is 3. The number of ether oxygens (including phenoxy) is 1. The summed E-state index contributed by atoms with van der Waals surface area (Å²) >= 11 is 6.56. The van der Waals surface area contributed by atoms with Crippen LogP contribution >= 0.6 is 11.6 Å². The third-order valence-electron chi connectivity index (χ3n) is 6.10. The van der Waals surface area contributed by atoms with Crippen LogP contribution in [0.2, 0.25) is 5.02 Å². The van der Waals surface area contributed by atoms with Crippen molar-refractivity contribution >= 4 is 34.1 Å². The summed E-state index contributed by atoms with van der Waals surface area (Å²) in [6, 6.07) is 12.6. The molecule has 164 valence electrons. The Kier molecular flexibility index (Phi) is 5.49. The molecule has 0 unspecified atom stereocenters. The molecule has 0 saturated heterocycles. The molecule has 32 heavy (non-hydrogen) atoms. The number of benzene rings is 2. The summed E-state index contributed by atoms with van der Waals surface area (Å²) in [6.07, 6.45) is 4.78. The van der Waals surface area contributed by atoms with E-state index in [1.54, 1.807) is 13.3 Å². The van der Waals surface area contributed by atoms with E-state index in [9.17, 15) is 0 Å². The van der Waals surface area contributed by atoms with E-state index in [-0.39, 0.29) is 0 Å². The number of nitrogens with zero attached hydrogens (tertiary/aromatic N) is 4. The highest BCUT2D eigenvalue weighted by Gasteiger charge is 2.19. The zero-order valence-electron chi connectivity index (χ0n) is 18.5. The first-order valence-electron chi connectivity index (χ1n) is 10.8. The van der Waals surface area contributed by atoms with Crippen molar-refractivity contribution < 1.29 is 4.74 Å². The fourth-order valence-electron chi connectivity index (χ4n) is 4.43. The summed E-state index contributed by atoms with van der Waals surface area (Å²) in [5, 5.41) is 5.01. The standard InChI is InChI=1S/C25H26ClN5O/c1-4-31-15-19(18-7-5-6-8-22(18)31)24-20(26)13-27-25(29-24)28-21-11-17-14-30(2)10-9-16(17)12-23(21)32-3/h5-8,11-13,15H,4,9-10,14H2,1-3H3,(H,27,28,29). The van der Waals surface area contributed by atoms with Crippen molar-refractivity contribution in [2.45, 2.75) is 26.4 Å². The molecule has 3 heterocycles. The zero-order valence-corrected chi connectivity index (χ0v) is 19.3. The van der Waals surface area contributed by atoms with Gasteiger partial charge in [0.25, 0.3) is 0 Å². The van der Waals surface area contributed by atoms with E-state index in [0.717, 1.165) is 54.0 Å². The molecule has 0 saturated carbocycles. The molecule has 1 aliphatic rings. The molecule has 1 N–H and O–H groups in total. The minimum Gasteiger partial charge on any atom is -0.495 e. The lowest BCUT2D eigenvalue weighted by Gasteiger charge is -2.26. The van der Waals surface area contributed by atoms with Gasteiger partial charge < -0.3 is 19.5 Å². The molecular weight excluding hydrogens is 422 g/mol. The molecule has 6 nitrogen and oxygen atoms in total. The highest BCUT2D eigenvalue weighted by atomic mass is 35.5. The summed E-state index contributed by atoms with van der Waals surface area (Å²) in [4.78, 5) is 11.6. The van der Waals surface area contributed by atoms with Gasteiger partial charge in [-0.05, 0) is 49.7 Å². The molecule has 0 atom stereocenters. The molecule has 4 aromatic rings. The van der Waals surface area contributed by atoms with Crippen molar-refractivity contribution in [1.82, 2.24) is 19.4 Å². The molecule has 2 aromatic carbocycles. The Balaban J connectivity index is 1.55. The molecule has 1 aliphatic heterocycles. The van der Waals surface area contributed by atoms with Gasteiger partial charge in [0.05, 0.1) is 29.7 Å². The normalized spacial score (nSPS) is 13.9. The number of hydrogen-bond acceptors (Lipinski definition) is 5. The third-order valence-corrected chi connectivity index (χ3v) is 6.38. The molecule has 0 fully saturated rings. The van der Waals surface area contributed by atoms with Crippen LogP contribution in [-0.4, -0.2) is 40.1 Å². The van der Waals surface area contributed by atoms with Gasteiger partial charge in [-0.2, -0.15) is 0 Å². The number of fused-ring (bicyclic) bond motifs is 2. The fourth-order valence-corrected chi connectivity index (χ4v) is 4.62. The predicted octanol–water partition coefficient (Wildman–Crippen LogP) is 5.51. The average Bonchev–Trinajstić information content (AvgIpc) is 3.18. The van der Waals surface area contributed by atoms with Crippen LogP contribution in [0.5, 0.6) is 5.75 Å². The average molecular weight is 448 g/mol. The molecule has 2 aromatic heterocycles. The summed E-state index contributed by atoms with van der Waals surface area (Å²) in [5.74, 6) is 1.27. The van der Waals surface area contributed by atoms with Crippen LogP contribution in [0.25, 0.3) is 22.2 Å². The Bertz CT molecular complexity index is 1300. The van der Waals surface area contributed by atoms with E-state index < -0.39 is 0 Å². The van der Waals surface area contributed by atoms with Gasteiger partial charge in [0.15, 0.2) is 0 Å². The number of methoxy groups -OCH3 is 1. The van der Waals surface area contributed by atoms with E-state index in [4.69, 9.17) is 21.3 Å². The summed E-state index contributed by atoms with van der Waals surface area (Å²) in [5.41, 5.74) is 6.35. The molecular formula is C25H26ClN5O. The topological polar surface area (TPSA) is 55.2 Å². The van der Waals surface area contributed by atoms with E-state index in [2.05, 4.69) is 64.2 Å². The smallest absolute Gasteiger partial charge is 0.227 e. The van der Waals surface area contributed by atoms with E-state index >= 15 is 0 Å². The number of hydrogen-bond donors (Lipinski definition) is 1. The second kappa shape index (κ2) is 8.45. The number of aryl methyl sites for hydroxylation is 1. The van der Waals surface area contributed by atoms with E-state index in [1.807, 2.05) is 12.1 Å².